The number of hydrogen-bond donors (Lipinski definition) is 1. The molecule has 1 aromatic carbocycles. The molecule has 0 fully saturated rings. The highest BCUT2D eigenvalue weighted by molar-refractivity contribution is 7.92. The SMILES string of the molecule is CS(=O)(=O)c1ccc(C(=O)NCc2ccc(C(F)F)cc2)s1. The molecule has 0 atom stereocenters. The van der Waals surface area contributed by atoms with Gasteiger partial charge in [-0.1, -0.05) is 24.3 Å². The average molecular weight is 345 g/mol. The Morgan fingerprint density at radius 2 is 1.82 bits per heavy atom. The third-order valence-corrected chi connectivity index (χ3v) is 5.76. The van der Waals surface area contributed by atoms with E-state index in [0.29, 0.717) is 5.56 Å². The van der Waals surface area contributed by atoms with Crippen molar-refractivity contribution in [2.75, 3.05) is 6.26 Å². The van der Waals surface area contributed by atoms with Gasteiger partial charge in [0.25, 0.3) is 12.3 Å². The highest BCUT2D eigenvalue weighted by atomic mass is 32.2. The van der Waals surface area contributed by atoms with Gasteiger partial charge in [0.15, 0.2) is 9.84 Å². The van der Waals surface area contributed by atoms with Crippen LogP contribution in [-0.2, 0) is 16.4 Å². The zero-order valence-corrected chi connectivity index (χ0v) is 13.2. The monoisotopic (exact) mass is 345 g/mol. The van der Waals surface area contributed by atoms with E-state index in [4.69, 9.17) is 0 Å². The number of thiophene rings is 1. The molecule has 0 saturated heterocycles. The van der Waals surface area contributed by atoms with Gasteiger partial charge in [-0.3, -0.25) is 4.79 Å². The number of amides is 1. The number of halogens is 2. The average Bonchev–Trinajstić information content (AvgIpc) is 2.95. The molecule has 118 valence electrons. The summed E-state index contributed by atoms with van der Waals surface area (Å²) in [6.07, 6.45) is -1.45. The topological polar surface area (TPSA) is 63.2 Å². The van der Waals surface area contributed by atoms with Crippen LogP contribution in [0.15, 0.2) is 40.6 Å². The first kappa shape index (κ1) is 16.6. The second-order valence-corrected chi connectivity index (χ2v) is 7.94. The van der Waals surface area contributed by atoms with Crippen molar-refractivity contribution in [2.45, 2.75) is 17.2 Å². The second-order valence-electron chi connectivity index (χ2n) is 4.62. The van der Waals surface area contributed by atoms with Gasteiger partial charge in [-0.05, 0) is 17.7 Å². The molecule has 1 N–H and O–H groups in total. The molecule has 0 spiro atoms. The molecule has 4 nitrogen and oxygen atoms in total. The van der Waals surface area contributed by atoms with Crippen molar-refractivity contribution in [2.24, 2.45) is 0 Å². The maximum Gasteiger partial charge on any atom is 0.263 e. The minimum Gasteiger partial charge on any atom is -0.347 e. The van der Waals surface area contributed by atoms with Crippen LogP contribution in [-0.4, -0.2) is 20.6 Å². The van der Waals surface area contributed by atoms with Gasteiger partial charge in [0.05, 0.1) is 4.88 Å². The zero-order chi connectivity index (χ0) is 16.3. The summed E-state index contributed by atoms with van der Waals surface area (Å²) in [5, 5.41) is 2.62. The first-order chi connectivity index (χ1) is 10.3. The number of carbonyl (C=O) groups is 1. The highest BCUT2D eigenvalue weighted by Crippen LogP contribution is 2.21. The lowest BCUT2D eigenvalue weighted by Crippen LogP contribution is -2.21. The normalized spacial score (nSPS) is 11.6. The summed E-state index contributed by atoms with van der Waals surface area (Å²) in [4.78, 5) is 12.2. The van der Waals surface area contributed by atoms with Crippen molar-refractivity contribution in [1.82, 2.24) is 5.32 Å². The first-order valence-electron chi connectivity index (χ1n) is 6.22. The lowest BCUT2D eigenvalue weighted by molar-refractivity contribution is 0.0955. The number of carbonyl (C=O) groups excluding carboxylic acids is 1. The fourth-order valence-corrected chi connectivity index (χ4v) is 3.54. The minimum atomic E-state index is -3.33. The molecule has 0 aliphatic heterocycles. The summed E-state index contributed by atoms with van der Waals surface area (Å²) in [6, 6.07) is 8.46. The predicted octanol–water partition coefficient (Wildman–Crippen LogP) is 3.02. The Balaban J connectivity index is 1.99. The number of alkyl halides is 2. The molecule has 0 unspecified atom stereocenters. The van der Waals surface area contributed by atoms with Crippen molar-refractivity contribution >= 4 is 27.1 Å². The van der Waals surface area contributed by atoms with Crippen LogP contribution in [0.2, 0.25) is 0 Å². The lowest BCUT2D eigenvalue weighted by atomic mass is 10.1. The van der Waals surface area contributed by atoms with Gasteiger partial charge in [0.1, 0.15) is 4.21 Å². The largest absolute Gasteiger partial charge is 0.347 e. The lowest BCUT2D eigenvalue weighted by Gasteiger charge is -2.05. The van der Waals surface area contributed by atoms with E-state index >= 15 is 0 Å². The van der Waals surface area contributed by atoms with Crippen molar-refractivity contribution in [3.05, 3.63) is 52.4 Å². The first-order valence-corrected chi connectivity index (χ1v) is 8.93. The molecular weight excluding hydrogens is 332 g/mol. The van der Waals surface area contributed by atoms with Gasteiger partial charge in [-0.2, -0.15) is 0 Å². The summed E-state index contributed by atoms with van der Waals surface area (Å²) in [7, 11) is -3.33. The van der Waals surface area contributed by atoms with Crippen LogP contribution < -0.4 is 5.32 Å². The van der Waals surface area contributed by atoms with Crippen molar-refractivity contribution in [3.63, 3.8) is 0 Å². The number of sulfone groups is 1. The van der Waals surface area contributed by atoms with Gasteiger partial charge >= 0.3 is 0 Å². The molecular formula is C14H13F2NO3S2. The molecule has 0 saturated carbocycles. The van der Waals surface area contributed by atoms with E-state index in [1.54, 1.807) is 0 Å². The Labute approximate surface area is 130 Å². The van der Waals surface area contributed by atoms with Gasteiger partial charge in [0.2, 0.25) is 0 Å². The van der Waals surface area contributed by atoms with E-state index in [1.807, 2.05) is 0 Å². The van der Waals surface area contributed by atoms with E-state index in [0.717, 1.165) is 17.6 Å². The number of hydrogen-bond acceptors (Lipinski definition) is 4. The highest BCUT2D eigenvalue weighted by Gasteiger charge is 2.15. The fraction of sp³-hybridized carbons (Fsp3) is 0.214. The maximum absolute atomic E-state index is 12.4. The summed E-state index contributed by atoms with van der Waals surface area (Å²) in [5.74, 6) is -0.405. The Bertz CT molecular complexity index is 768. The molecule has 2 aromatic rings. The van der Waals surface area contributed by atoms with Gasteiger partial charge in [0, 0.05) is 18.4 Å². The molecule has 0 bridgehead atoms. The fourth-order valence-electron chi connectivity index (χ4n) is 1.69. The smallest absolute Gasteiger partial charge is 0.263 e. The molecule has 0 aliphatic rings. The van der Waals surface area contributed by atoms with Crippen molar-refractivity contribution in [3.8, 4) is 0 Å². The van der Waals surface area contributed by atoms with Crippen LogP contribution in [0, 0.1) is 0 Å². The number of benzene rings is 1. The standard InChI is InChI=1S/C14H13F2NO3S2/c1-22(19,20)12-7-6-11(21-12)14(18)17-8-9-2-4-10(5-3-9)13(15)16/h2-7,13H,8H2,1H3,(H,17,18). The Kier molecular flexibility index (Phi) is 4.92. The van der Waals surface area contributed by atoms with Gasteiger partial charge in [-0.25, -0.2) is 17.2 Å². The second kappa shape index (κ2) is 6.53. The quantitative estimate of drug-likeness (QED) is 0.906. The van der Waals surface area contributed by atoms with E-state index < -0.39 is 22.2 Å². The van der Waals surface area contributed by atoms with Crippen LogP contribution >= 0.6 is 11.3 Å². The zero-order valence-electron chi connectivity index (χ0n) is 11.5. The van der Waals surface area contributed by atoms with Gasteiger partial charge < -0.3 is 5.32 Å². The predicted molar refractivity (Wildman–Crippen MR) is 80.0 cm³/mol. The molecule has 1 heterocycles. The van der Waals surface area contributed by atoms with E-state index in [-0.39, 0.29) is 21.2 Å². The molecule has 0 aliphatic carbocycles. The summed E-state index contributed by atoms with van der Waals surface area (Å²) in [6.45, 7) is 0.175. The maximum atomic E-state index is 12.4. The Morgan fingerprint density at radius 1 is 1.18 bits per heavy atom. The molecule has 2 rings (SSSR count). The van der Waals surface area contributed by atoms with E-state index in [1.165, 1.54) is 36.4 Å². The van der Waals surface area contributed by atoms with E-state index in [2.05, 4.69) is 5.32 Å². The molecule has 22 heavy (non-hydrogen) atoms. The molecule has 8 heteroatoms. The Hall–Kier alpha value is -1.80. The van der Waals surface area contributed by atoms with Crippen molar-refractivity contribution < 1.29 is 22.0 Å². The van der Waals surface area contributed by atoms with Crippen LogP contribution in [0.1, 0.15) is 27.2 Å². The number of nitrogens with one attached hydrogen (secondary N) is 1. The molecule has 0 radical (unpaired) electrons. The van der Waals surface area contributed by atoms with Crippen LogP contribution in [0.4, 0.5) is 8.78 Å². The van der Waals surface area contributed by atoms with Crippen LogP contribution in [0.3, 0.4) is 0 Å². The summed E-state index contributed by atoms with van der Waals surface area (Å²) in [5.41, 5.74) is 0.601. The van der Waals surface area contributed by atoms with Crippen LogP contribution in [0.25, 0.3) is 0 Å². The Morgan fingerprint density at radius 3 is 2.32 bits per heavy atom. The third-order valence-electron chi connectivity index (χ3n) is 2.86. The van der Waals surface area contributed by atoms with Crippen molar-refractivity contribution in [1.29, 1.82) is 0 Å². The summed E-state index contributed by atoms with van der Waals surface area (Å²) < 4.78 is 47.7. The molecule has 1 amide bonds. The molecule has 1 aromatic heterocycles. The van der Waals surface area contributed by atoms with Gasteiger partial charge in [-0.15, -0.1) is 11.3 Å². The summed E-state index contributed by atoms with van der Waals surface area (Å²) >= 11 is 0.890. The van der Waals surface area contributed by atoms with Crippen LogP contribution in [0.5, 0.6) is 0 Å². The third kappa shape index (κ3) is 4.11. The minimum absolute atomic E-state index is 0.0777. The number of rotatable bonds is 5. The van der Waals surface area contributed by atoms with E-state index in [9.17, 15) is 22.0 Å².